The van der Waals surface area contributed by atoms with Gasteiger partial charge in [-0.2, -0.15) is 0 Å². The number of hydrogen-bond donors (Lipinski definition) is 2. The number of nitrogens with one attached hydrogen (secondary N) is 1. The highest BCUT2D eigenvalue weighted by molar-refractivity contribution is 5.97. The number of rotatable bonds is 3. The van der Waals surface area contributed by atoms with E-state index >= 15 is 0 Å². The fraction of sp³-hybridized carbons (Fsp3) is 0.400. The van der Waals surface area contributed by atoms with E-state index in [0.717, 1.165) is 11.1 Å². The third-order valence-corrected chi connectivity index (χ3v) is 2.81. The third kappa shape index (κ3) is 4.09. The molecule has 1 aromatic rings. The number of aryl methyl sites for hydroxylation is 1. The molecule has 0 unspecified atom stereocenters. The lowest BCUT2D eigenvalue weighted by atomic mass is 10.1. The molecule has 1 rings (SSSR count). The first-order valence-corrected chi connectivity index (χ1v) is 6.07. The summed E-state index contributed by atoms with van der Waals surface area (Å²) >= 11 is 0. The summed E-state index contributed by atoms with van der Waals surface area (Å²) in [5, 5.41) is 2.84. The highest BCUT2D eigenvalue weighted by Gasteiger charge is 2.27. The molecule has 0 saturated carbocycles. The first-order chi connectivity index (χ1) is 8.90. The zero-order chi connectivity index (χ0) is 14.5. The van der Waals surface area contributed by atoms with Gasteiger partial charge in [-0.3, -0.25) is 4.79 Å². The van der Waals surface area contributed by atoms with Crippen LogP contribution < -0.4 is 11.1 Å². The maximum atomic E-state index is 12.1. The number of anilines is 1. The standard InChI is InChI=1S/C15H20N2O2/c1-11-7-8-12(6-5-9-16)13(10-11)17-14(18)15(2,3)19-4/h7-8,10H,9,16H2,1-4H3,(H,17,18). The van der Waals surface area contributed by atoms with Crippen LogP contribution in [0, 0.1) is 18.8 Å². The molecule has 0 bridgehead atoms. The van der Waals surface area contributed by atoms with Gasteiger partial charge in [0.2, 0.25) is 0 Å². The van der Waals surface area contributed by atoms with Crippen LogP contribution >= 0.6 is 0 Å². The van der Waals surface area contributed by atoms with E-state index in [1.165, 1.54) is 7.11 Å². The van der Waals surface area contributed by atoms with Crippen molar-refractivity contribution in [2.75, 3.05) is 19.0 Å². The fourth-order valence-electron chi connectivity index (χ4n) is 1.38. The Labute approximate surface area is 114 Å². The Bertz CT molecular complexity index is 525. The molecule has 0 aliphatic carbocycles. The Morgan fingerprint density at radius 2 is 2.16 bits per heavy atom. The first kappa shape index (κ1) is 15.2. The quantitative estimate of drug-likeness (QED) is 0.813. The lowest BCUT2D eigenvalue weighted by molar-refractivity contribution is -0.133. The number of carbonyl (C=O) groups excluding carboxylic acids is 1. The molecule has 102 valence electrons. The number of carbonyl (C=O) groups is 1. The van der Waals surface area contributed by atoms with Gasteiger partial charge in [0, 0.05) is 12.7 Å². The van der Waals surface area contributed by atoms with E-state index in [0.29, 0.717) is 5.69 Å². The number of methoxy groups -OCH3 is 1. The molecule has 0 atom stereocenters. The molecule has 1 aromatic carbocycles. The number of ether oxygens (including phenoxy) is 1. The second kappa shape index (κ2) is 6.37. The van der Waals surface area contributed by atoms with Crippen molar-refractivity contribution in [1.29, 1.82) is 0 Å². The van der Waals surface area contributed by atoms with Crippen molar-refractivity contribution >= 4 is 11.6 Å². The minimum atomic E-state index is -0.887. The van der Waals surface area contributed by atoms with Crippen LogP contribution in [0.1, 0.15) is 25.0 Å². The average molecular weight is 260 g/mol. The summed E-state index contributed by atoms with van der Waals surface area (Å²) in [4.78, 5) is 12.1. The van der Waals surface area contributed by atoms with E-state index in [4.69, 9.17) is 10.5 Å². The molecule has 3 N–H and O–H groups in total. The number of amides is 1. The maximum Gasteiger partial charge on any atom is 0.256 e. The second-order valence-corrected chi connectivity index (χ2v) is 4.72. The molecule has 0 fully saturated rings. The van der Waals surface area contributed by atoms with E-state index in [1.54, 1.807) is 13.8 Å². The maximum absolute atomic E-state index is 12.1. The Morgan fingerprint density at radius 3 is 2.74 bits per heavy atom. The predicted molar refractivity (Wildman–Crippen MR) is 76.8 cm³/mol. The summed E-state index contributed by atoms with van der Waals surface area (Å²) < 4.78 is 5.15. The van der Waals surface area contributed by atoms with Crippen molar-refractivity contribution in [1.82, 2.24) is 0 Å². The van der Waals surface area contributed by atoms with Crippen LogP contribution in [-0.4, -0.2) is 25.2 Å². The SMILES string of the molecule is COC(C)(C)C(=O)Nc1cc(C)ccc1C#CCN. The molecule has 0 aliphatic rings. The minimum Gasteiger partial charge on any atom is -0.369 e. The normalized spacial score (nSPS) is 10.6. The largest absolute Gasteiger partial charge is 0.369 e. The molecule has 1 amide bonds. The third-order valence-electron chi connectivity index (χ3n) is 2.81. The van der Waals surface area contributed by atoms with E-state index in [2.05, 4.69) is 17.2 Å². The van der Waals surface area contributed by atoms with Gasteiger partial charge in [-0.15, -0.1) is 0 Å². The summed E-state index contributed by atoms with van der Waals surface area (Å²) in [5.74, 6) is 5.52. The molecule has 0 saturated heterocycles. The second-order valence-electron chi connectivity index (χ2n) is 4.72. The van der Waals surface area contributed by atoms with Crippen LogP contribution in [0.3, 0.4) is 0 Å². The lowest BCUT2D eigenvalue weighted by Gasteiger charge is -2.22. The smallest absolute Gasteiger partial charge is 0.256 e. The Morgan fingerprint density at radius 1 is 1.47 bits per heavy atom. The minimum absolute atomic E-state index is 0.212. The Kier molecular flexibility index (Phi) is 5.11. The van der Waals surface area contributed by atoms with Gasteiger partial charge in [0.25, 0.3) is 5.91 Å². The summed E-state index contributed by atoms with van der Waals surface area (Å²) in [5.41, 5.74) is 6.95. The zero-order valence-electron chi connectivity index (χ0n) is 11.8. The highest BCUT2D eigenvalue weighted by atomic mass is 16.5. The highest BCUT2D eigenvalue weighted by Crippen LogP contribution is 2.19. The van der Waals surface area contributed by atoms with Gasteiger partial charge in [-0.1, -0.05) is 17.9 Å². The van der Waals surface area contributed by atoms with Gasteiger partial charge >= 0.3 is 0 Å². The van der Waals surface area contributed by atoms with Gasteiger partial charge in [0.05, 0.1) is 12.2 Å². The van der Waals surface area contributed by atoms with Gasteiger partial charge in [-0.25, -0.2) is 0 Å². The molecule has 0 spiro atoms. The monoisotopic (exact) mass is 260 g/mol. The number of benzene rings is 1. The van der Waals surface area contributed by atoms with E-state index in [1.807, 2.05) is 25.1 Å². The van der Waals surface area contributed by atoms with Crippen LogP contribution in [-0.2, 0) is 9.53 Å². The van der Waals surface area contributed by atoms with Crippen molar-refractivity contribution < 1.29 is 9.53 Å². The van der Waals surface area contributed by atoms with Crippen molar-refractivity contribution in [2.24, 2.45) is 5.73 Å². The van der Waals surface area contributed by atoms with Gasteiger partial charge < -0.3 is 15.8 Å². The summed E-state index contributed by atoms with van der Waals surface area (Å²) in [7, 11) is 1.50. The molecule has 4 heteroatoms. The van der Waals surface area contributed by atoms with Crippen molar-refractivity contribution in [3.05, 3.63) is 29.3 Å². The van der Waals surface area contributed by atoms with Crippen molar-refractivity contribution in [3.63, 3.8) is 0 Å². The first-order valence-electron chi connectivity index (χ1n) is 6.07. The fourth-order valence-corrected chi connectivity index (χ4v) is 1.38. The number of nitrogens with two attached hydrogens (primary N) is 1. The van der Waals surface area contributed by atoms with Crippen LogP contribution in [0.4, 0.5) is 5.69 Å². The van der Waals surface area contributed by atoms with E-state index < -0.39 is 5.60 Å². The van der Waals surface area contributed by atoms with Gasteiger partial charge in [0.1, 0.15) is 5.60 Å². The molecule has 0 radical (unpaired) electrons. The van der Waals surface area contributed by atoms with Crippen LogP contribution in [0.25, 0.3) is 0 Å². The average Bonchev–Trinajstić information content (AvgIpc) is 2.37. The van der Waals surface area contributed by atoms with Crippen molar-refractivity contribution in [3.8, 4) is 11.8 Å². The summed E-state index contributed by atoms with van der Waals surface area (Å²) in [6.45, 7) is 5.66. The van der Waals surface area contributed by atoms with Gasteiger partial charge in [0.15, 0.2) is 0 Å². The van der Waals surface area contributed by atoms with Crippen LogP contribution in [0.5, 0.6) is 0 Å². The molecular formula is C15H20N2O2. The molecule has 4 nitrogen and oxygen atoms in total. The lowest BCUT2D eigenvalue weighted by Crippen LogP contribution is -2.39. The Balaban J connectivity index is 3.06. The molecule has 0 heterocycles. The van der Waals surface area contributed by atoms with Crippen molar-refractivity contribution in [2.45, 2.75) is 26.4 Å². The Hall–Kier alpha value is -1.83. The summed E-state index contributed by atoms with van der Waals surface area (Å²) in [6, 6.07) is 5.69. The van der Waals surface area contributed by atoms with Crippen LogP contribution in [0.2, 0.25) is 0 Å². The molecule has 19 heavy (non-hydrogen) atoms. The molecule has 0 aromatic heterocycles. The van der Waals surface area contributed by atoms with Crippen LogP contribution in [0.15, 0.2) is 18.2 Å². The molecule has 0 aliphatic heterocycles. The summed E-state index contributed by atoms with van der Waals surface area (Å²) in [6.07, 6.45) is 0. The van der Waals surface area contributed by atoms with E-state index in [9.17, 15) is 4.79 Å². The topological polar surface area (TPSA) is 64.3 Å². The number of hydrogen-bond acceptors (Lipinski definition) is 3. The predicted octanol–water partition coefficient (Wildman–Crippen LogP) is 1.67. The zero-order valence-corrected chi connectivity index (χ0v) is 11.8. The van der Waals surface area contributed by atoms with E-state index in [-0.39, 0.29) is 12.5 Å². The van der Waals surface area contributed by atoms with Gasteiger partial charge in [-0.05, 0) is 38.5 Å². The molecular weight excluding hydrogens is 240 g/mol.